The second-order valence-electron chi connectivity index (χ2n) is 3.89. The Morgan fingerprint density at radius 3 is 3.00 bits per heavy atom. The number of aromatic nitrogens is 1. The average molecular weight is 203 g/mol. The standard InChI is InChI=1S/C12H13NO2/c1-12(15,6-8-14)10-3-2-4-11-9(10)5-7-13-11/h2-5,7-8,13,15H,6H2,1H3. The quantitative estimate of drug-likeness (QED) is 0.749. The number of aromatic amines is 1. The van der Waals surface area contributed by atoms with Gasteiger partial charge in [0.25, 0.3) is 0 Å². The fraction of sp³-hybridized carbons (Fsp3) is 0.250. The zero-order valence-electron chi connectivity index (χ0n) is 8.53. The zero-order chi connectivity index (χ0) is 10.9. The van der Waals surface area contributed by atoms with Crippen molar-refractivity contribution in [3.63, 3.8) is 0 Å². The lowest BCUT2D eigenvalue weighted by atomic mass is 9.90. The number of benzene rings is 1. The first kappa shape index (κ1) is 9.93. The maximum Gasteiger partial charge on any atom is 0.123 e. The topological polar surface area (TPSA) is 53.1 Å². The second kappa shape index (κ2) is 3.51. The molecule has 1 atom stereocenters. The number of aldehydes is 1. The molecule has 15 heavy (non-hydrogen) atoms. The Morgan fingerprint density at radius 2 is 2.27 bits per heavy atom. The van der Waals surface area contributed by atoms with E-state index in [1.807, 2.05) is 30.5 Å². The number of nitrogens with one attached hydrogen (secondary N) is 1. The molecule has 0 saturated carbocycles. The Morgan fingerprint density at radius 1 is 1.47 bits per heavy atom. The highest BCUT2D eigenvalue weighted by atomic mass is 16.3. The van der Waals surface area contributed by atoms with Crippen LogP contribution < -0.4 is 0 Å². The van der Waals surface area contributed by atoms with Crippen molar-refractivity contribution in [1.29, 1.82) is 0 Å². The van der Waals surface area contributed by atoms with E-state index < -0.39 is 5.60 Å². The van der Waals surface area contributed by atoms with Gasteiger partial charge in [0.1, 0.15) is 6.29 Å². The molecule has 2 rings (SSSR count). The van der Waals surface area contributed by atoms with E-state index in [4.69, 9.17) is 0 Å². The van der Waals surface area contributed by atoms with E-state index in [2.05, 4.69) is 4.98 Å². The van der Waals surface area contributed by atoms with E-state index in [0.717, 1.165) is 22.8 Å². The van der Waals surface area contributed by atoms with Crippen LogP contribution in [0.15, 0.2) is 30.5 Å². The summed E-state index contributed by atoms with van der Waals surface area (Å²) in [5.41, 5.74) is 0.663. The highest BCUT2D eigenvalue weighted by Crippen LogP contribution is 2.29. The van der Waals surface area contributed by atoms with Crippen LogP contribution in [0.1, 0.15) is 18.9 Å². The van der Waals surface area contributed by atoms with Crippen LogP contribution in [0, 0.1) is 0 Å². The van der Waals surface area contributed by atoms with Gasteiger partial charge in [-0.05, 0) is 24.6 Å². The minimum Gasteiger partial charge on any atom is -0.385 e. The van der Waals surface area contributed by atoms with Gasteiger partial charge >= 0.3 is 0 Å². The lowest BCUT2D eigenvalue weighted by Gasteiger charge is -2.21. The first-order chi connectivity index (χ1) is 7.15. The third-order valence-corrected chi connectivity index (χ3v) is 2.66. The van der Waals surface area contributed by atoms with Gasteiger partial charge in [0, 0.05) is 23.5 Å². The number of fused-ring (bicyclic) bond motifs is 1. The summed E-state index contributed by atoms with van der Waals surface area (Å²) in [5, 5.41) is 11.1. The molecule has 0 aliphatic rings. The summed E-state index contributed by atoms with van der Waals surface area (Å²) in [4.78, 5) is 13.6. The van der Waals surface area contributed by atoms with Crippen molar-refractivity contribution in [2.75, 3.05) is 0 Å². The summed E-state index contributed by atoms with van der Waals surface area (Å²) in [6.07, 6.45) is 2.67. The number of rotatable bonds is 3. The summed E-state index contributed by atoms with van der Waals surface area (Å²) >= 11 is 0. The van der Waals surface area contributed by atoms with E-state index in [9.17, 15) is 9.90 Å². The van der Waals surface area contributed by atoms with Crippen LogP contribution in [0.2, 0.25) is 0 Å². The van der Waals surface area contributed by atoms with E-state index >= 15 is 0 Å². The fourth-order valence-electron chi connectivity index (χ4n) is 1.83. The van der Waals surface area contributed by atoms with Crippen molar-refractivity contribution in [3.8, 4) is 0 Å². The maximum atomic E-state index is 10.5. The molecule has 0 amide bonds. The molecule has 3 heteroatoms. The molecule has 1 heterocycles. The van der Waals surface area contributed by atoms with Crippen molar-refractivity contribution >= 4 is 17.2 Å². The van der Waals surface area contributed by atoms with Crippen LogP contribution in [-0.2, 0) is 10.4 Å². The summed E-state index contributed by atoms with van der Waals surface area (Å²) in [6.45, 7) is 1.66. The molecule has 0 saturated heterocycles. The van der Waals surface area contributed by atoms with Gasteiger partial charge in [-0.2, -0.15) is 0 Å². The highest BCUT2D eigenvalue weighted by molar-refractivity contribution is 5.84. The predicted molar refractivity (Wildman–Crippen MR) is 58.6 cm³/mol. The summed E-state index contributed by atoms with van der Waals surface area (Å²) in [6, 6.07) is 7.56. The SMILES string of the molecule is CC(O)(CC=O)c1cccc2[nH]ccc12. The number of hydrogen-bond donors (Lipinski definition) is 2. The molecule has 0 radical (unpaired) electrons. The normalized spacial score (nSPS) is 15.1. The van der Waals surface area contributed by atoms with Gasteiger partial charge in [0.15, 0.2) is 0 Å². The van der Waals surface area contributed by atoms with Crippen LogP contribution in [0.3, 0.4) is 0 Å². The smallest absolute Gasteiger partial charge is 0.123 e. The first-order valence-corrected chi connectivity index (χ1v) is 4.88. The van der Waals surface area contributed by atoms with E-state index in [0.29, 0.717) is 0 Å². The molecule has 1 aromatic heterocycles. The monoisotopic (exact) mass is 203 g/mol. The lowest BCUT2D eigenvalue weighted by molar-refractivity contribution is -0.112. The molecule has 0 bridgehead atoms. The van der Waals surface area contributed by atoms with Gasteiger partial charge in [-0.25, -0.2) is 0 Å². The van der Waals surface area contributed by atoms with Crippen molar-refractivity contribution in [1.82, 2.24) is 4.98 Å². The van der Waals surface area contributed by atoms with Crippen LogP contribution in [0.25, 0.3) is 10.9 Å². The molecule has 0 aliphatic carbocycles. The van der Waals surface area contributed by atoms with Crippen molar-refractivity contribution in [3.05, 3.63) is 36.0 Å². The van der Waals surface area contributed by atoms with Crippen LogP contribution >= 0.6 is 0 Å². The van der Waals surface area contributed by atoms with E-state index in [1.165, 1.54) is 0 Å². The predicted octanol–water partition coefficient (Wildman–Crippen LogP) is 1.96. The van der Waals surface area contributed by atoms with Gasteiger partial charge in [-0.15, -0.1) is 0 Å². The minimum atomic E-state index is -1.09. The van der Waals surface area contributed by atoms with Crippen molar-refractivity contribution in [2.24, 2.45) is 0 Å². The highest BCUT2D eigenvalue weighted by Gasteiger charge is 2.24. The van der Waals surface area contributed by atoms with Gasteiger partial charge in [0.2, 0.25) is 0 Å². The largest absolute Gasteiger partial charge is 0.385 e. The number of carbonyl (C=O) groups is 1. The van der Waals surface area contributed by atoms with E-state index in [1.54, 1.807) is 6.92 Å². The molecule has 0 aliphatic heterocycles. The minimum absolute atomic E-state index is 0.108. The number of hydrogen-bond acceptors (Lipinski definition) is 2. The summed E-state index contributed by atoms with van der Waals surface area (Å²) in [5.74, 6) is 0. The van der Waals surface area contributed by atoms with Crippen LogP contribution in [0.4, 0.5) is 0 Å². The molecule has 0 spiro atoms. The maximum absolute atomic E-state index is 10.5. The Bertz CT molecular complexity index is 485. The Labute approximate surface area is 87.7 Å². The summed E-state index contributed by atoms with van der Waals surface area (Å²) in [7, 11) is 0. The van der Waals surface area contributed by atoms with E-state index in [-0.39, 0.29) is 6.42 Å². The third-order valence-electron chi connectivity index (χ3n) is 2.66. The van der Waals surface area contributed by atoms with Crippen molar-refractivity contribution < 1.29 is 9.90 Å². The first-order valence-electron chi connectivity index (χ1n) is 4.88. The molecule has 2 N–H and O–H groups in total. The van der Waals surface area contributed by atoms with Crippen molar-refractivity contribution in [2.45, 2.75) is 18.9 Å². The molecule has 3 nitrogen and oxygen atoms in total. The Hall–Kier alpha value is -1.61. The molecule has 0 fully saturated rings. The van der Waals surface area contributed by atoms with Gasteiger partial charge in [-0.3, -0.25) is 0 Å². The van der Waals surface area contributed by atoms with Crippen LogP contribution in [-0.4, -0.2) is 16.4 Å². The molecule has 1 unspecified atom stereocenters. The van der Waals surface area contributed by atoms with Gasteiger partial charge in [0.05, 0.1) is 5.60 Å². The molecule has 2 aromatic rings. The number of aliphatic hydroxyl groups is 1. The Kier molecular flexibility index (Phi) is 2.32. The number of H-pyrrole nitrogens is 1. The zero-order valence-corrected chi connectivity index (χ0v) is 8.53. The lowest BCUT2D eigenvalue weighted by Crippen LogP contribution is -2.21. The fourth-order valence-corrected chi connectivity index (χ4v) is 1.83. The molecular weight excluding hydrogens is 190 g/mol. The Balaban J connectivity index is 2.59. The molecule has 78 valence electrons. The summed E-state index contributed by atoms with van der Waals surface area (Å²) < 4.78 is 0. The van der Waals surface area contributed by atoms with Gasteiger partial charge < -0.3 is 14.9 Å². The number of carbonyl (C=O) groups excluding carboxylic acids is 1. The molecular formula is C12H13NO2. The van der Waals surface area contributed by atoms with Crippen LogP contribution in [0.5, 0.6) is 0 Å². The second-order valence-corrected chi connectivity index (χ2v) is 3.89. The molecule has 1 aromatic carbocycles. The third kappa shape index (κ3) is 1.66. The van der Waals surface area contributed by atoms with Gasteiger partial charge in [-0.1, -0.05) is 12.1 Å². The average Bonchev–Trinajstić information content (AvgIpc) is 2.64.